The molecule has 1 aliphatic carbocycles. The molecular weight excluding hydrogens is 204 g/mol. The highest BCUT2D eigenvalue weighted by Crippen LogP contribution is 2.19. The molecule has 1 N–H and O–H groups in total. The van der Waals surface area contributed by atoms with Gasteiger partial charge in [-0.25, -0.2) is 4.98 Å². The lowest BCUT2D eigenvalue weighted by Gasteiger charge is -2.21. The number of nitrogens with zero attached hydrogens (tertiary/aromatic N) is 1. The number of oxazole rings is 1. The van der Waals surface area contributed by atoms with Crippen molar-refractivity contribution < 1.29 is 9.15 Å². The van der Waals surface area contributed by atoms with Crippen LogP contribution in [0.3, 0.4) is 0 Å². The zero-order chi connectivity index (χ0) is 11.1. The smallest absolute Gasteiger partial charge is 0.180 e. The van der Waals surface area contributed by atoms with Crippen molar-refractivity contribution in [1.82, 2.24) is 10.3 Å². The molecule has 4 nitrogen and oxygen atoms in total. The largest absolute Gasteiger partial charge is 0.447 e. The predicted molar refractivity (Wildman–Crippen MR) is 61.0 cm³/mol. The van der Waals surface area contributed by atoms with Crippen molar-refractivity contribution in [2.45, 2.75) is 44.8 Å². The van der Waals surface area contributed by atoms with E-state index in [1.807, 2.05) is 0 Å². The maximum absolute atomic E-state index is 5.79. The molecule has 1 aromatic heterocycles. The Labute approximate surface area is 96.4 Å². The summed E-state index contributed by atoms with van der Waals surface area (Å²) < 4.78 is 10.9. The number of nitrogens with one attached hydrogen (secondary N) is 1. The molecule has 0 atom stereocenters. The van der Waals surface area contributed by atoms with Crippen LogP contribution in [0.4, 0.5) is 0 Å². The van der Waals surface area contributed by atoms with E-state index in [0.717, 1.165) is 25.5 Å². The Balaban J connectivity index is 1.48. The van der Waals surface area contributed by atoms with Gasteiger partial charge in [0.15, 0.2) is 6.39 Å². The Morgan fingerprint density at radius 2 is 2.25 bits per heavy atom. The molecule has 1 aromatic rings. The molecule has 90 valence electrons. The first kappa shape index (κ1) is 11.6. The summed E-state index contributed by atoms with van der Waals surface area (Å²) in [6.45, 7) is 2.39. The van der Waals surface area contributed by atoms with Crippen LogP contribution in [0, 0.1) is 0 Å². The second-order valence-electron chi connectivity index (χ2n) is 4.28. The molecule has 4 heteroatoms. The van der Waals surface area contributed by atoms with Crippen molar-refractivity contribution in [3.8, 4) is 0 Å². The van der Waals surface area contributed by atoms with E-state index < -0.39 is 0 Å². The standard InChI is InChI=1S/C12H20N2O2/c1-2-4-11(5-3-1)15-7-6-13-8-12-9-14-10-16-12/h9-11,13H,1-8H2. The third kappa shape index (κ3) is 3.94. The highest BCUT2D eigenvalue weighted by Gasteiger charge is 2.12. The van der Waals surface area contributed by atoms with Crippen LogP contribution < -0.4 is 5.32 Å². The van der Waals surface area contributed by atoms with E-state index >= 15 is 0 Å². The fourth-order valence-electron chi connectivity index (χ4n) is 2.07. The normalized spacial score (nSPS) is 17.8. The highest BCUT2D eigenvalue weighted by atomic mass is 16.5. The molecule has 0 amide bonds. The molecule has 0 bridgehead atoms. The SMILES string of the molecule is c1ncc(CNCCOC2CCCCC2)o1. The van der Waals surface area contributed by atoms with Crippen molar-refractivity contribution in [3.63, 3.8) is 0 Å². The van der Waals surface area contributed by atoms with Gasteiger partial charge < -0.3 is 14.5 Å². The topological polar surface area (TPSA) is 47.3 Å². The lowest BCUT2D eigenvalue weighted by Crippen LogP contribution is -2.24. The van der Waals surface area contributed by atoms with Gasteiger partial charge in [-0.2, -0.15) is 0 Å². The molecule has 0 unspecified atom stereocenters. The van der Waals surface area contributed by atoms with E-state index in [0.29, 0.717) is 6.10 Å². The lowest BCUT2D eigenvalue weighted by molar-refractivity contribution is 0.0301. The highest BCUT2D eigenvalue weighted by molar-refractivity contribution is 4.86. The van der Waals surface area contributed by atoms with Crippen LogP contribution in [-0.4, -0.2) is 24.2 Å². The Kier molecular flexibility index (Phi) is 4.83. The second kappa shape index (κ2) is 6.66. The van der Waals surface area contributed by atoms with E-state index in [1.54, 1.807) is 6.20 Å². The van der Waals surface area contributed by atoms with Gasteiger partial charge in [-0.15, -0.1) is 0 Å². The van der Waals surface area contributed by atoms with Gasteiger partial charge in [0, 0.05) is 6.54 Å². The second-order valence-corrected chi connectivity index (χ2v) is 4.28. The summed E-state index contributed by atoms with van der Waals surface area (Å²) >= 11 is 0. The van der Waals surface area contributed by atoms with Gasteiger partial charge in [0.2, 0.25) is 0 Å². The summed E-state index contributed by atoms with van der Waals surface area (Å²) in [5.74, 6) is 0.873. The fraction of sp³-hybridized carbons (Fsp3) is 0.750. The van der Waals surface area contributed by atoms with Crippen LogP contribution in [0.1, 0.15) is 37.9 Å². The summed E-state index contributed by atoms with van der Waals surface area (Å²) in [5, 5.41) is 3.27. The third-order valence-electron chi connectivity index (χ3n) is 2.97. The third-order valence-corrected chi connectivity index (χ3v) is 2.97. The first-order chi connectivity index (χ1) is 7.95. The summed E-state index contributed by atoms with van der Waals surface area (Å²) in [7, 11) is 0. The van der Waals surface area contributed by atoms with Crippen molar-refractivity contribution in [1.29, 1.82) is 0 Å². The van der Waals surface area contributed by atoms with Crippen LogP contribution in [0.15, 0.2) is 17.0 Å². The van der Waals surface area contributed by atoms with Gasteiger partial charge in [0.05, 0.1) is 25.5 Å². The van der Waals surface area contributed by atoms with E-state index in [2.05, 4.69) is 10.3 Å². The van der Waals surface area contributed by atoms with Gasteiger partial charge in [-0.1, -0.05) is 19.3 Å². The van der Waals surface area contributed by atoms with Crippen LogP contribution in [-0.2, 0) is 11.3 Å². The molecule has 1 fully saturated rings. The number of ether oxygens (including phenoxy) is 1. The van der Waals surface area contributed by atoms with Gasteiger partial charge >= 0.3 is 0 Å². The summed E-state index contributed by atoms with van der Waals surface area (Å²) in [6, 6.07) is 0. The zero-order valence-electron chi connectivity index (χ0n) is 9.65. The molecule has 0 spiro atoms. The maximum atomic E-state index is 5.79. The van der Waals surface area contributed by atoms with E-state index in [9.17, 15) is 0 Å². The first-order valence-electron chi connectivity index (χ1n) is 6.15. The quantitative estimate of drug-likeness (QED) is 0.752. The number of hydrogen-bond acceptors (Lipinski definition) is 4. The molecule has 1 aliphatic rings. The Bertz CT molecular complexity index is 269. The van der Waals surface area contributed by atoms with Crippen LogP contribution in [0.25, 0.3) is 0 Å². The minimum Gasteiger partial charge on any atom is -0.447 e. The van der Waals surface area contributed by atoms with Gasteiger partial charge in [0.1, 0.15) is 5.76 Å². The van der Waals surface area contributed by atoms with E-state index in [1.165, 1.54) is 38.5 Å². The molecule has 0 aromatic carbocycles. The minimum absolute atomic E-state index is 0.501. The Morgan fingerprint density at radius 3 is 3.00 bits per heavy atom. The molecule has 1 saturated carbocycles. The molecule has 0 radical (unpaired) electrons. The monoisotopic (exact) mass is 224 g/mol. The van der Waals surface area contributed by atoms with Gasteiger partial charge in [-0.3, -0.25) is 0 Å². The van der Waals surface area contributed by atoms with Crippen LogP contribution in [0.5, 0.6) is 0 Å². The zero-order valence-corrected chi connectivity index (χ0v) is 9.65. The summed E-state index contributed by atoms with van der Waals surface area (Å²) in [4.78, 5) is 3.86. The van der Waals surface area contributed by atoms with Crippen molar-refractivity contribution >= 4 is 0 Å². The van der Waals surface area contributed by atoms with Crippen molar-refractivity contribution in [2.75, 3.05) is 13.2 Å². The maximum Gasteiger partial charge on any atom is 0.180 e. The molecule has 2 rings (SSSR count). The van der Waals surface area contributed by atoms with Crippen LogP contribution >= 0.6 is 0 Å². The Morgan fingerprint density at radius 1 is 1.38 bits per heavy atom. The molecular formula is C12H20N2O2. The number of aromatic nitrogens is 1. The first-order valence-corrected chi connectivity index (χ1v) is 6.15. The summed E-state index contributed by atoms with van der Waals surface area (Å²) in [6.07, 6.45) is 10.2. The predicted octanol–water partition coefficient (Wildman–Crippen LogP) is 2.11. The van der Waals surface area contributed by atoms with Crippen LogP contribution in [0.2, 0.25) is 0 Å². The van der Waals surface area contributed by atoms with E-state index in [-0.39, 0.29) is 0 Å². The molecule has 0 saturated heterocycles. The fourth-order valence-corrected chi connectivity index (χ4v) is 2.07. The number of hydrogen-bond donors (Lipinski definition) is 1. The minimum atomic E-state index is 0.501. The average Bonchev–Trinajstić information content (AvgIpc) is 2.83. The van der Waals surface area contributed by atoms with Crippen molar-refractivity contribution in [2.24, 2.45) is 0 Å². The molecule has 16 heavy (non-hydrogen) atoms. The molecule has 0 aliphatic heterocycles. The van der Waals surface area contributed by atoms with E-state index in [4.69, 9.17) is 9.15 Å². The number of rotatable bonds is 6. The Hall–Kier alpha value is -0.870. The van der Waals surface area contributed by atoms with Crippen molar-refractivity contribution in [3.05, 3.63) is 18.4 Å². The van der Waals surface area contributed by atoms with Gasteiger partial charge in [-0.05, 0) is 12.8 Å². The summed E-state index contributed by atoms with van der Waals surface area (Å²) in [5.41, 5.74) is 0. The van der Waals surface area contributed by atoms with Gasteiger partial charge in [0.25, 0.3) is 0 Å². The lowest BCUT2D eigenvalue weighted by atomic mass is 9.98. The molecule has 1 heterocycles. The average molecular weight is 224 g/mol.